The summed E-state index contributed by atoms with van der Waals surface area (Å²) >= 11 is 3.27. The molecule has 6 rings (SSSR count). The zero-order valence-electron chi connectivity index (χ0n) is 24.6. The van der Waals surface area contributed by atoms with Crippen molar-refractivity contribution in [2.24, 2.45) is 0 Å². The van der Waals surface area contributed by atoms with Crippen LogP contribution in [-0.2, 0) is 26.8 Å². The number of fused-ring (bicyclic) bond motifs is 6. The molecule has 0 unspecified atom stereocenters. The number of rotatable bonds is 11. The molecule has 1 aromatic heterocycles. The van der Waals surface area contributed by atoms with E-state index in [9.17, 15) is 25.9 Å². The van der Waals surface area contributed by atoms with Crippen molar-refractivity contribution < 1.29 is 30.5 Å². The summed E-state index contributed by atoms with van der Waals surface area (Å²) in [7, 11) is -8.18. The van der Waals surface area contributed by atoms with Crippen LogP contribution in [0, 0.1) is 0 Å². The Labute approximate surface area is 271 Å². The zero-order valence-corrected chi connectivity index (χ0v) is 27.9. The summed E-state index contributed by atoms with van der Waals surface area (Å²) in [6, 6.07) is 24.6. The molecule has 0 aliphatic carbocycles. The Kier molecular flexibility index (Phi) is 9.06. The fourth-order valence-electron chi connectivity index (χ4n) is 5.78. The number of hydrogen-bond acceptors (Lipinski definition) is 7. The van der Waals surface area contributed by atoms with Crippen molar-refractivity contribution in [1.82, 2.24) is 0 Å². The molecule has 2 N–H and O–H groups in total. The fraction of sp³-hybridized carbons (Fsp3) is 0.242. The van der Waals surface area contributed by atoms with Crippen LogP contribution < -0.4 is 9.47 Å². The van der Waals surface area contributed by atoms with E-state index in [2.05, 4.69) is 77.1 Å². The van der Waals surface area contributed by atoms with Gasteiger partial charge in [-0.2, -0.15) is 21.4 Å². The van der Waals surface area contributed by atoms with Gasteiger partial charge in [0.25, 0.3) is 25.2 Å². The Morgan fingerprint density at radius 1 is 0.844 bits per heavy atom. The average Bonchev–Trinajstić information content (AvgIpc) is 3.53. The van der Waals surface area contributed by atoms with Crippen LogP contribution in [0.2, 0.25) is 0 Å². The van der Waals surface area contributed by atoms with Gasteiger partial charge in [0.1, 0.15) is 4.70 Å². The van der Waals surface area contributed by atoms with Crippen LogP contribution in [-0.4, -0.2) is 44.0 Å². The molecule has 234 valence electrons. The minimum Gasteiger partial charge on any atom is -0.334 e. The molecule has 0 bridgehead atoms. The Morgan fingerprint density at radius 2 is 1.49 bits per heavy atom. The summed E-state index contributed by atoms with van der Waals surface area (Å²) in [5.41, 5.74) is 3.11. The third-order valence-corrected chi connectivity index (χ3v) is 11.6. The van der Waals surface area contributed by atoms with Gasteiger partial charge in [-0.1, -0.05) is 84.6 Å². The largest absolute Gasteiger partial charge is 0.334 e. The number of aryl methyl sites for hydroxylation is 1. The summed E-state index contributed by atoms with van der Waals surface area (Å²) in [6.45, 7) is 2.92. The third-order valence-electron chi connectivity index (χ3n) is 7.82. The maximum Gasteiger partial charge on any atom is 0.265 e. The summed E-state index contributed by atoms with van der Waals surface area (Å²) in [6.07, 6.45) is 5.53. The SMILES string of the molecule is CCC(=Cc1sc2ccc3ccccc3c2[n+]1CCCS(=O)(=O)O)C=C1Sc2ccc3ccccc3c2N1CCCS(=O)(=O)O. The number of benzene rings is 4. The van der Waals surface area contributed by atoms with Crippen LogP contribution in [0.5, 0.6) is 0 Å². The Balaban J connectivity index is 1.44. The summed E-state index contributed by atoms with van der Waals surface area (Å²) in [5, 5.41) is 6.27. The van der Waals surface area contributed by atoms with Crippen LogP contribution >= 0.6 is 23.1 Å². The lowest BCUT2D eigenvalue weighted by atomic mass is 10.1. The molecule has 0 saturated heterocycles. The van der Waals surface area contributed by atoms with E-state index in [0.29, 0.717) is 13.1 Å². The lowest BCUT2D eigenvalue weighted by molar-refractivity contribution is -0.667. The second kappa shape index (κ2) is 12.9. The van der Waals surface area contributed by atoms with Crippen LogP contribution in [0.1, 0.15) is 31.2 Å². The molecular formula is C33H33N2O6S4+. The number of aromatic nitrogens is 1. The van der Waals surface area contributed by atoms with E-state index in [1.807, 2.05) is 24.3 Å². The number of thiazole rings is 1. The molecule has 2 heterocycles. The molecule has 0 fully saturated rings. The highest BCUT2D eigenvalue weighted by atomic mass is 32.2. The van der Waals surface area contributed by atoms with Gasteiger partial charge < -0.3 is 4.90 Å². The first-order valence-electron chi connectivity index (χ1n) is 14.6. The molecule has 4 aromatic carbocycles. The summed E-state index contributed by atoms with van der Waals surface area (Å²) in [5.74, 6) is -0.644. The van der Waals surface area contributed by atoms with Crippen LogP contribution in [0.3, 0.4) is 0 Å². The zero-order chi connectivity index (χ0) is 31.8. The molecule has 12 heteroatoms. The fourth-order valence-corrected chi connectivity index (χ4v) is 9.13. The minimum atomic E-state index is -4.09. The second-order valence-electron chi connectivity index (χ2n) is 10.9. The van der Waals surface area contributed by atoms with Gasteiger partial charge in [-0.3, -0.25) is 9.11 Å². The van der Waals surface area contributed by atoms with Gasteiger partial charge in [0, 0.05) is 29.3 Å². The number of thioether (sulfide) groups is 1. The first-order chi connectivity index (χ1) is 21.5. The number of anilines is 1. The monoisotopic (exact) mass is 681 g/mol. The van der Waals surface area contributed by atoms with Crippen molar-refractivity contribution in [2.45, 2.75) is 37.6 Å². The highest BCUT2D eigenvalue weighted by molar-refractivity contribution is 8.03. The van der Waals surface area contributed by atoms with E-state index in [0.717, 1.165) is 64.4 Å². The molecule has 1 aliphatic heterocycles. The van der Waals surface area contributed by atoms with Crippen molar-refractivity contribution >= 4 is 86.9 Å². The smallest absolute Gasteiger partial charge is 0.265 e. The molecule has 8 nitrogen and oxygen atoms in total. The van der Waals surface area contributed by atoms with E-state index in [1.165, 1.54) is 0 Å². The Hall–Kier alpha value is -3.26. The van der Waals surface area contributed by atoms with Crippen molar-refractivity contribution in [3.8, 4) is 0 Å². The highest BCUT2D eigenvalue weighted by Gasteiger charge is 2.28. The maximum atomic E-state index is 11.5. The van der Waals surface area contributed by atoms with Crippen molar-refractivity contribution in [2.75, 3.05) is 23.0 Å². The molecule has 1 aliphatic rings. The number of hydrogen-bond donors (Lipinski definition) is 2. The molecule has 0 amide bonds. The third kappa shape index (κ3) is 7.11. The van der Waals surface area contributed by atoms with Crippen molar-refractivity contribution in [1.29, 1.82) is 0 Å². The van der Waals surface area contributed by atoms with E-state index in [4.69, 9.17) is 0 Å². The number of nitrogens with zero attached hydrogens (tertiary/aromatic N) is 2. The molecule has 0 saturated carbocycles. The van der Waals surface area contributed by atoms with E-state index in [1.54, 1.807) is 23.1 Å². The Morgan fingerprint density at radius 3 is 2.20 bits per heavy atom. The molecule has 45 heavy (non-hydrogen) atoms. The first kappa shape index (κ1) is 31.7. The predicted molar refractivity (Wildman–Crippen MR) is 185 cm³/mol. The quantitative estimate of drug-likeness (QED) is 0.110. The van der Waals surface area contributed by atoms with Crippen molar-refractivity contribution in [3.63, 3.8) is 0 Å². The minimum absolute atomic E-state index is 0.266. The van der Waals surface area contributed by atoms with E-state index in [-0.39, 0.29) is 24.3 Å². The topological polar surface area (TPSA) is 116 Å². The molecular weight excluding hydrogens is 649 g/mol. The van der Waals surface area contributed by atoms with Crippen LogP contribution in [0.15, 0.2) is 94.4 Å². The summed E-state index contributed by atoms with van der Waals surface area (Å²) in [4.78, 5) is 3.23. The Bertz CT molecular complexity index is 2210. The summed E-state index contributed by atoms with van der Waals surface area (Å²) < 4.78 is 68.2. The van der Waals surface area contributed by atoms with Gasteiger partial charge >= 0.3 is 0 Å². The molecule has 5 aromatic rings. The first-order valence-corrected chi connectivity index (χ1v) is 19.5. The van der Waals surface area contributed by atoms with Gasteiger partial charge in [0.05, 0.1) is 27.6 Å². The molecule has 0 spiro atoms. The van der Waals surface area contributed by atoms with E-state index < -0.39 is 20.2 Å². The van der Waals surface area contributed by atoms with Gasteiger partial charge in [0.15, 0.2) is 6.54 Å². The predicted octanol–water partition coefficient (Wildman–Crippen LogP) is 7.30. The maximum absolute atomic E-state index is 11.5. The lowest BCUT2D eigenvalue weighted by Gasteiger charge is -2.22. The second-order valence-corrected chi connectivity index (χ2v) is 16.2. The van der Waals surface area contributed by atoms with Crippen LogP contribution in [0.4, 0.5) is 5.69 Å². The molecule has 0 atom stereocenters. The van der Waals surface area contributed by atoms with Gasteiger partial charge in [-0.15, -0.1) is 0 Å². The van der Waals surface area contributed by atoms with Crippen LogP contribution in [0.25, 0.3) is 37.8 Å². The number of allylic oxidation sites excluding steroid dienone is 2. The molecule has 0 radical (unpaired) electrons. The van der Waals surface area contributed by atoms with Gasteiger partial charge in [-0.25, -0.2) is 0 Å². The normalized spacial score (nSPS) is 15.1. The van der Waals surface area contributed by atoms with Gasteiger partial charge in [-0.05, 0) is 53.5 Å². The highest BCUT2D eigenvalue weighted by Crippen LogP contribution is 2.50. The van der Waals surface area contributed by atoms with Crippen molar-refractivity contribution in [3.05, 3.63) is 94.5 Å². The van der Waals surface area contributed by atoms with Gasteiger partial charge in [0.2, 0.25) is 5.52 Å². The average molecular weight is 682 g/mol. The lowest BCUT2D eigenvalue weighted by Crippen LogP contribution is -2.36. The standard InChI is InChI=1S/C33H32N2O6S4/c1-2-23(21-30-34(17-7-19-44(36,37)38)32-26-11-5-3-9-24(26)13-15-28(32)42-30)22-31-35(18-8-20-45(39,40)41)33-27-12-6-4-10-25(27)14-16-29(33)43-31/h3-6,9-16,21-22H,2,7-8,17-20H2,1H3,(H-,36,37,38,39,40,41)/p+1. The van der Waals surface area contributed by atoms with E-state index >= 15 is 0 Å².